The molecule has 0 bridgehead atoms. The number of thiol groups is 1. The second-order valence-corrected chi connectivity index (χ2v) is 4.45. The first-order valence-corrected chi connectivity index (χ1v) is 6.22. The summed E-state index contributed by atoms with van der Waals surface area (Å²) in [6, 6.07) is -3.33. The molecule has 2 amide bonds. The van der Waals surface area contributed by atoms with Crippen molar-refractivity contribution in [1.29, 1.82) is 0 Å². The topological polar surface area (TPSA) is 142 Å². The maximum Gasteiger partial charge on any atom is 0.325 e. The zero-order valence-electron chi connectivity index (χ0n) is 10.7. The van der Waals surface area contributed by atoms with Crippen molar-refractivity contribution < 1.29 is 24.6 Å². The van der Waals surface area contributed by atoms with Crippen molar-refractivity contribution in [3.05, 3.63) is 0 Å². The molecule has 9 heteroatoms. The van der Waals surface area contributed by atoms with E-state index >= 15 is 0 Å². The average molecular weight is 293 g/mol. The largest absolute Gasteiger partial charge is 0.480 e. The van der Waals surface area contributed by atoms with Gasteiger partial charge in [-0.05, 0) is 13.8 Å². The van der Waals surface area contributed by atoms with Crippen LogP contribution in [0.25, 0.3) is 0 Å². The van der Waals surface area contributed by atoms with Crippen LogP contribution in [-0.4, -0.2) is 58.0 Å². The normalized spacial score (nSPS) is 16.9. The van der Waals surface area contributed by atoms with Crippen molar-refractivity contribution >= 4 is 30.4 Å². The number of nitrogens with two attached hydrogens (primary N) is 1. The maximum absolute atomic E-state index is 11.7. The van der Waals surface area contributed by atoms with Gasteiger partial charge in [0.25, 0.3) is 0 Å². The van der Waals surface area contributed by atoms with Crippen LogP contribution in [0.5, 0.6) is 0 Å². The van der Waals surface area contributed by atoms with Crippen molar-refractivity contribution in [2.75, 3.05) is 5.75 Å². The third kappa shape index (κ3) is 5.90. The van der Waals surface area contributed by atoms with Crippen LogP contribution in [0.15, 0.2) is 0 Å². The van der Waals surface area contributed by atoms with E-state index in [0.717, 1.165) is 0 Å². The van der Waals surface area contributed by atoms with Gasteiger partial charge < -0.3 is 26.6 Å². The van der Waals surface area contributed by atoms with E-state index in [0.29, 0.717) is 0 Å². The fraction of sp³-hybridized carbons (Fsp3) is 0.700. The number of carbonyl (C=O) groups is 3. The molecule has 0 spiro atoms. The van der Waals surface area contributed by atoms with Gasteiger partial charge >= 0.3 is 5.97 Å². The molecule has 0 saturated heterocycles. The van der Waals surface area contributed by atoms with E-state index in [1.807, 2.05) is 0 Å². The van der Waals surface area contributed by atoms with Crippen LogP contribution in [0.4, 0.5) is 0 Å². The Labute approximate surface area is 116 Å². The Morgan fingerprint density at radius 1 is 1.21 bits per heavy atom. The summed E-state index contributed by atoms with van der Waals surface area (Å²) in [6.45, 7) is 2.56. The Morgan fingerprint density at radius 3 is 2.11 bits per heavy atom. The predicted molar refractivity (Wildman–Crippen MR) is 70.7 cm³/mol. The van der Waals surface area contributed by atoms with Crippen LogP contribution < -0.4 is 16.4 Å². The molecule has 19 heavy (non-hydrogen) atoms. The van der Waals surface area contributed by atoms with Crippen molar-refractivity contribution in [3.63, 3.8) is 0 Å². The maximum atomic E-state index is 11.7. The minimum Gasteiger partial charge on any atom is -0.480 e. The van der Waals surface area contributed by atoms with Crippen LogP contribution in [0.1, 0.15) is 13.8 Å². The molecular formula is C10H19N3O5S. The molecule has 110 valence electrons. The van der Waals surface area contributed by atoms with E-state index in [-0.39, 0.29) is 5.75 Å². The van der Waals surface area contributed by atoms with E-state index in [1.54, 1.807) is 0 Å². The second kappa shape index (κ2) is 7.97. The molecule has 0 unspecified atom stereocenters. The van der Waals surface area contributed by atoms with Gasteiger partial charge in [-0.1, -0.05) is 0 Å². The molecule has 0 aliphatic heterocycles. The molecule has 0 aromatic carbocycles. The van der Waals surface area contributed by atoms with Gasteiger partial charge in [-0.25, -0.2) is 0 Å². The van der Waals surface area contributed by atoms with Crippen LogP contribution in [0.3, 0.4) is 0 Å². The summed E-state index contributed by atoms with van der Waals surface area (Å²) in [5.74, 6) is -2.61. The fourth-order valence-corrected chi connectivity index (χ4v) is 1.28. The van der Waals surface area contributed by atoms with E-state index in [2.05, 4.69) is 23.3 Å². The van der Waals surface area contributed by atoms with Gasteiger partial charge in [0, 0.05) is 5.75 Å². The molecule has 0 radical (unpaired) electrons. The lowest BCUT2D eigenvalue weighted by molar-refractivity contribution is -0.142. The monoisotopic (exact) mass is 293 g/mol. The standard InChI is InChI=1S/C10H19N3O5S/c1-4(10(17)18)12-9(16)7(5(2)14)13-8(15)6(11)3-19/h4-7,14,19H,3,11H2,1-2H3,(H,12,16)(H,13,15)(H,17,18)/t4-,5+,6-,7-/m0/s1. The van der Waals surface area contributed by atoms with Crippen molar-refractivity contribution in [1.82, 2.24) is 10.6 Å². The van der Waals surface area contributed by atoms with E-state index in [1.165, 1.54) is 13.8 Å². The lowest BCUT2D eigenvalue weighted by Crippen LogP contribution is -2.58. The summed E-state index contributed by atoms with van der Waals surface area (Å²) in [4.78, 5) is 33.9. The summed E-state index contributed by atoms with van der Waals surface area (Å²) in [5, 5.41) is 22.5. The van der Waals surface area contributed by atoms with Crippen molar-refractivity contribution in [2.45, 2.75) is 38.1 Å². The highest BCUT2D eigenvalue weighted by molar-refractivity contribution is 7.80. The van der Waals surface area contributed by atoms with Gasteiger partial charge in [-0.15, -0.1) is 0 Å². The van der Waals surface area contributed by atoms with E-state index < -0.39 is 42.0 Å². The van der Waals surface area contributed by atoms with Crippen LogP contribution in [0, 0.1) is 0 Å². The molecule has 6 N–H and O–H groups in total. The Kier molecular flexibility index (Phi) is 7.42. The zero-order chi connectivity index (χ0) is 15.2. The predicted octanol–water partition coefficient (Wildman–Crippen LogP) is -2.30. The molecular weight excluding hydrogens is 274 g/mol. The number of nitrogens with one attached hydrogen (secondary N) is 2. The zero-order valence-corrected chi connectivity index (χ0v) is 11.6. The van der Waals surface area contributed by atoms with Gasteiger partial charge in [-0.2, -0.15) is 12.6 Å². The highest BCUT2D eigenvalue weighted by Crippen LogP contribution is 1.97. The SMILES string of the molecule is C[C@H](NC(=O)[C@@H](NC(=O)[C@@H](N)CS)[C@@H](C)O)C(=O)O. The van der Waals surface area contributed by atoms with Gasteiger partial charge in [-0.3, -0.25) is 14.4 Å². The second-order valence-electron chi connectivity index (χ2n) is 4.08. The Balaban J connectivity index is 4.69. The van der Waals surface area contributed by atoms with E-state index in [4.69, 9.17) is 10.8 Å². The molecule has 0 aromatic heterocycles. The van der Waals surface area contributed by atoms with Crippen LogP contribution in [-0.2, 0) is 14.4 Å². The quantitative estimate of drug-likeness (QED) is 0.291. The Morgan fingerprint density at radius 2 is 1.74 bits per heavy atom. The highest BCUT2D eigenvalue weighted by Gasteiger charge is 2.29. The minimum atomic E-state index is -1.28. The average Bonchev–Trinajstić information content (AvgIpc) is 2.33. The fourth-order valence-electron chi connectivity index (χ4n) is 1.11. The highest BCUT2D eigenvalue weighted by atomic mass is 32.1. The summed E-state index contributed by atoms with van der Waals surface area (Å²) >= 11 is 3.84. The molecule has 0 rings (SSSR count). The smallest absolute Gasteiger partial charge is 0.325 e. The molecule has 0 saturated carbocycles. The first-order valence-electron chi connectivity index (χ1n) is 5.58. The van der Waals surface area contributed by atoms with Crippen LogP contribution in [0.2, 0.25) is 0 Å². The third-order valence-electron chi connectivity index (χ3n) is 2.33. The first kappa shape index (κ1) is 17.7. The third-order valence-corrected chi connectivity index (χ3v) is 2.72. The van der Waals surface area contributed by atoms with Crippen LogP contribution >= 0.6 is 12.6 Å². The molecule has 0 aromatic rings. The Bertz CT molecular complexity index is 350. The number of carboxylic acid groups (broad SMARTS) is 1. The first-order chi connectivity index (χ1) is 8.70. The number of aliphatic hydroxyl groups is 1. The minimum absolute atomic E-state index is 0.0749. The number of hydrogen-bond acceptors (Lipinski definition) is 6. The van der Waals surface area contributed by atoms with E-state index in [9.17, 15) is 19.5 Å². The number of hydrogen-bond donors (Lipinski definition) is 6. The van der Waals surface area contributed by atoms with Crippen molar-refractivity contribution in [2.24, 2.45) is 5.73 Å². The molecule has 0 aliphatic rings. The lowest BCUT2D eigenvalue weighted by atomic mass is 10.1. The summed E-state index contributed by atoms with van der Waals surface area (Å²) < 4.78 is 0. The van der Waals surface area contributed by atoms with Gasteiger partial charge in [0.05, 0.1) is 12.1 Å². The summed E-state index contributed by atoms with van der Waals surface area (Å²) in [5.41, 5.74) is 5.42. The summed E-state index contributed by atoms with van der Waals surface area (Å²) in [6.07, 6.45) is -1.20. The number of carbonyl (C=O) groups excluding carboxylic acids is 2. The number of amides is 2. The van der Waals surface area contributed by atoms with Crippen molar-refractivity contribution in [3.8, 4) is 0 Å². The van der Waals surface area contributed by atoms with Gasteiger partial charge in [0.15, 0.2) is 0 Å². The molecule has 4 atom stereocenters. The van der Waals surface area contributed by atoms with Gasteiger partial charge in [0.2, 0.25) is 11.8 Å². The number of rotatable bonds is 7. The number of aliphatic carboxylic acids is 1. The lowest BCUT2D eigenvalue weighted by Gasteiger charge is -2.23. The summed E-state index contributed by atoms with van der Waals surface area (Å²) in [7, 11) is 0. The molecule has 0 fully saturated rings. The molecule has 8 nitrogen and oxygen atoms in total. The van der Waals surface area contributed by atoms with Gasteiger partial charge in [0.1, 0.15) is 12.1 Å². The molecule has 0 aliphatic carbocycles. The molecule has 0 heterocycles. The number of carboxylic acids is 1. The number of aliphatic hydroxyl groups excluding tert-OH is 1. The Hall–Kier alpha value is -1.32.